The molecular formula is C16H26N2S. The maximum Gasteiger partial charge on any atom is 0.0499 e. The van der Waals surface area contributed by atoms with Crippen molar-refractivity contribution in [3.8, 4) is 0 Å². The first-order valence-electron chi connectivity index (χ1n) is 7.10. The van der Waals surface area contributed by atoms with Gasteiger partial charge in [0.25, 0.3) is 0 Å². The summed E-state index contributed by atoms with van der Waals surface area (Å²) in [5.41, 5.74) is 9.05. The van der Waals surface area contributed by atoms with Crippen molar-refractivity contribution in [3.05, 3.63) is 35.4 Å². The van der Waals surface area contributed by atoms with Crippen LogP contribution in [0, 0.1) is 6.92 Å². The maximum absolute atomic E-state index is 6.31. The molecule has 1 aliphatic rings. The lowest BCUT2D eigenvalue weighted by Crippen LogP contribution is -2.49. The standard InChI is InChI=1S/C16H26N2S/c1-12-7-5-6-8-14(12)15(13(2)17)18-9-10-19-16(3,4)11-18/h5-8,13,15H,9-11,17H2,1-4H3. The largest absolute Gasteiger partial charge is 0.326 e. The van der Waals surface area contributed by atoms with Crippen molar-refractivity contribution in [1.82, 2.24) is 4.90 Å². The van der Waals surface area contributed by atoms with Crippen molar-refractivity contribution in [2.75, 3.05) is 18.8 Å². The van der Waals surface area contributed by atoms with Crippen molar-refractivity contribution < 1.29 is 0 Å². The van der Waals surface area contributed by atoms with Crippen LogP contribution >= 0.6 is 11.8 Å². The Labute approximate surface area is 121 Å². The van der Waals surface area contributed by atoms with Crippen LogP contribution in [0.4, 0.5) is 0 Å². The first-order valence-corrected chi connectivity index (χ1v) is 8.08. The topological polar surface area (TPSA) is 29.3 Å². The number of hydrogen-bond donors (Lipinski definition) is 1. The fourth-order valence-corrected chi connectivity index (χ4v) is 4.16. The zero-order chi connectivity index (χ0) is 14.0. The molecule has 1 fully saturated rings. The fourth-order valence-electron chi connectivity index (χ4n) is 3.02. The molecule has 1 aromatic rings. The van der Waals surface area contributed by atoms with Gasteiger partial charge in [0, 0.05) is 35.7 Å². The molecule has 1 aliphatic heterocycles. The third-order valence-electron chi connectivity index (χ3n) is 3.85. The Morgan fingerprint density at radius 1 is 1.32 bits per heavy atom. The molecule has 3 heteroatoms. The normalized spacial score (nSPS) is 23.0. The Balaban J connectivity index is 2.28. The summed E-state index contributed by atoms with van der Waals surface area (Å²) in [5, 5.41) is 0. The summed E-state index contributed by atoms with van der Waals surface area (Å²) >= 11 is 2.07. The Morgan fingerprint density at radius 2 is 2.00 bits per heavy atom. The van der Waals surface area contributed by atoms with E-state index in [0.717, 1.165) is 13.1 Å². The molecule has 2 unspecified atom stereocenters. The molecule has 0 aromatic heterocycles. The predicted octanol–water partition coefficient (Wildman–Crippen LogP) is 3.21. The molecule has 2 atom stereocenters. The van der Waals surface area contributed by atoms with Crippen LogP contribution in [0.3, 0.4) is 0 Å². The van der Waals surface area contributed by atoms with Crippen LogP contribution in [-0.4, -0.2) is 34.5 Å². The second-order valence-corrected chi connectivity index (χ2v) is 8.04. The first kappa shape index (κ1) is 14.9. The molecule has 1 saturated heterocycles. The van der Waals surface area contributed by atoms with E-state index in [1.807, 2.05) is 0 Å². The van der Waals surface area contributed by atoms with Gasteiger partial charge in [-0.1, -0.05) is 24.3 Å². The van der Waals surface area contributed by atoms with Crippen molar-refractivity contribution in [2.45, 2.75) is 44.5 Å². The molecule has 0 saturated carbocycles. The highest BCUT2D eigenvalue weighted by molar-refractivity contribution is 8.00. The lowest BCUT2D eigenvalue weighted by molar-refractivity contribution is 0.168. The van der Waals surface area contributed by atoms with Gasteiger partial charge in [-0.3, -0.25) is 4.90 Å². The van der Waals surface area contributed by atoms with E-state index in [4.69, 9.17) is 5.73 Å². The van der Waals surface area contributed by atoms with Gasteiger partial charge in [-0.2, -0.15) is 11.8 Å². The zero-order valence-corrected chi connectivity index (χ0v) is 13.3. The highest BCUT2D eigenvalue weighted by Crippen LogP contribution is 2.35. The SMILES string of the molecule is Cc1ccccc1C(C(C)N)N1CCSC(C)(C)C1. The van der Waals surface area contributed by atoms with Crippen LogP contribution in [0.2, 0.25) is 0 Å². The van der Waals surface area contributed by atoms with Crippen molar-refractivity contribution in [2.24, 2.45) is 5.73 Å². The minimum Gasteiger partial charge on any atom is -0.326 e. The van der Waals surface area contributed by atoms with Crippen LogP contribution in [0.15, 0.2) is 24.3 Å². The van der Waals surface area contributed by atoms with Crippen LogP contribution in [-0.2, 0) is 0 Å². The van der Waals surface area contributed by atoms with Gasteiger partial charge in [0.1, 0.15) is 0 Å². The number of hydrogen-bond acceptors (Lipinski definition) is 3. The van der Waals surface area contributed by atoms with Gasteiger partial charge in [0.05, 0.1) is 0 Å². The lowest BCUT2D eigenvalue weighted by Gasteiger charge is -2.43. The second-order valence-electron chi connectivity index (χ2n) is 6.24. The fraction of sp³-hybridized carbons (Fsp3) is 0.625. The number of nitrogens with two attached hydrogens (primary N) is 1. The van der Waals surface area contributed by atoms with Crippen molar-refractivity contribution in [3.63, 3.8) is 0 Å². The smallest absolute Gasteiger partial charge is 0.0499 e. The second kappa shape index (κ2) is 5.86. The Bertz CT molecular complexity index is 429. The van der Waals surface area contributed by atoms with Crippen LogP contribution in [0.5, 0.6) is 0 Å². The molecule has 0 aliphatic carbocycles. The van der Waals surface area contributed by atoms with Gasteiger partial charge in [-0.15, -0.1) is 0 Å². The summed E-state index contributed by atoms with van der Waals surface area (Å²) in [5.74, 6) is 1.20. The Kier molecular flexibility index (Phi) is 4.59. The van der Waals surface area contributed by atoms with Crippen LogP contribution < -0.4 is 5.73 Å². The van der Waals surface area contributed by atoms with E-state index < -0.39 is 0 Å². The zero-order valence-electron chi connectivity index (χ0n) is 12.5. The molecule has 0 amide bonds. The molecule has 1 heterocycles. The number of rotatable bonds is 3. The van der Waals surface area contributed by atoms with Crippen molar-refractivity contribution >= 4 is 11.8 Å². The molecule has 0 bridgehead atoms. The summed E-state index contributed by atoms with van der Waals surface area (Å²) in [7, 11) is 0. The first-order chi connectivity index (χ1) is 8.91. The molecule has 0 spiro atoms. The third-order valence-corrected chi connectivity index (χ3v) is 5.15. The quantitative estimate of drug-likeness (QED) is 0.920. The predicted molar refractivity (Wildman–Crippen MR) is 85.7 cm³/mol. The maximum atomic E-state index is 6.31. The van der Waals surface area contributed by atoms with Gasteiger partial charge >= 0.3 is 0 Å². The van der Waals surface area contributed by atoms with E-state index in [-0.39, 0.29) is 6.04 Å². The van der Waals surface area contributed by atoms with E-state index in [1.165, 1.54) is 16.9 Å². The average molecular weight is 278 g/mol. The summed E-state index contributed by atoms with van der Waals surface area (Å²) < 4.78 is 0.327. The number of thioether (sulfide) groups is 1. The van der Waals surface area contributed by atoms with Crippen LogP contribution in [0.1, 0.15) is 37.9 Å². The minimum atomic E-state index is 0.153. The van der Waals surface area contributed by atoms with Gasteiger partial charge in [-0.05, 0) is 38.8 Å². The summed E-state index contributed by atoms with van der Waals surface area (Å²) in [4.78, 5) is 2.57. The molecule has 1 aromatic carbocycles. The van der Waals surface area contributed by atoms with Gasteiger partial charge in [-0.25, -0.2) is 0 Å². The number of nitrogens with zero attached hydrogens (tertiary/aromatic N) is 1. The number of aryl methyl sites for hydroxylation is 1. The average Bonchev–Trinajstić information content (AvgIpc) is 2.30. The monoisotopic (exact) mass is 278 g/mol. The third kappa shape index (κ3) is 3.53. The van der Waals surface area contributed by atoms with E-state index in [9.17, 15) is 0 Å². The van der Waals surface area contributed by atoms with Gasteiger partial charge in [0.2, 0.25) is 0 Å². The highest BCUT2D eigenvalue weighted by atomic mass is 32.2. The molecule has 0 radical (unpaired) electrons. The summed E-state index contributed by atoms with van der Waals surface area (Å²) in [6, 6.07) is 9.14. The van der Waals surface area contributed by atoms with Gasteiger partial charge < -0.3 is 5.73 Å². The Morgan fingerprint density at radius 3 is 2.58 bits per heavy atom. The summed E-state index contributed by atoms with van der Waals surface area (Å²) in [6.45, 7) is 11.2. The van der Waals surface area contributed by atoms with E-state index >= 15 is 0 Å². The molecular weight excluding hydrogens is 252 g/mol. The number of benzene rings is 1. The van der Waals surface area contributed by atoms with E-state index in [1.54, 1.807) is 0 Å². The van der Waals surface area contributed by atoms with Gasteiger partial charge in [0.15, 0.2) is 0 Å². The summed E-state index contributed by atoms with van der Waals surface area (Å²) in [6.07, 6.45) is 0. The Hall–Kier alpha value is -0.510. The minimum absolute atomic E-state index is 0.153. The highest BCUT2D eigenvalue weighted by Gasteiger charge is 2.33. The lowest BCUT2D eigenvalue weighted by atomic mass is 9.94. The molecule has 2 rings (SSSR count). The molecule has 2 N–H and O–H groups in total. The molecule has 2 nitrogen and oxygen atoms in total. The molecule has 19 heavy (non-hydrogen) atoms. The van der Waals surface area contributed by atoms with E-state index in [2.05, 4.69) is 68.6 Å². The van der Waals surface area contributed by atoms with E-state index in [0.29, 0.717) is 10.8 Å². The van der Waals surface area contributed by atoms with Crippen LogP contribution in [0.25, 0.3) is 0 Å². The molecule has 106 valence electrons. The van der Waals surface area contributed by atoms with Crippen molar-refractivity contribution in [1.29, 1.82) is 0 Å².